The molecular formula is C61H105NO8P+. The Kier molecular flexibility index (Phi) is 49.1. The highest BCUT2D eigenvalue weighted by Gasteiger charge is 2.27. The van der Waals surface area contributed by atoms with Crippen LogP contribution < -0.4 is 0 Å². The molecule has 0 fully saturated rings. The number of quaternary nitrogens is 1. The molecule has 1 N–H and O–H groups in total. The first-order valence-corrected chi connectivity index (χ1v) is 29.6. The van der Waals surface area contributed by atoms with E-state index in [0.29, 0.717) is 17.4 Å². The molecule has 0 aromatic heterocycles. The van der Waals surface area contributed by atoms with Gasteiger partial charge in [0.05, 0.1) is 27.7 Å². The van der Waals surface area contributed by atoms with Gasteiger partial charge >= 0.3 is 19.8 Å². The normalized spacial score (nSPS) is 14.2. The minimum atomic E-state index is -4.38. The van der Waals surface area contributed by atoms with Crippen molar-refractivity contribution in [3.63, 3.8) is 0 Å². The number of carbonyl (C=O) groups excluding carboxylic acids is 2. The Morgan fingerprint density at radius 3 is 1.20 bits per heavy atom. The standard InChI is InChI=1S/C61H104NO8P/c1-6-8-10-12-14-16-17-18-19-20-21-22-23-24-25-26-27-28-29-30-31-32-33-34-35-36-37-38-39-40-41-42-43-44-45-46-48-50-52-54-61(64)70-59(58-69-71(65,66)68-56-55-62(3,4)5)57-67-60(63)53-51-49-47-15-13-11-9-7-2/h8,10,14,16,18-19,21-22,24-25,27-28,30-31,33-34,36-37,59H,6-7,9,11-13,15,17,20,23,26,29,32,35,38-58H2,1-5H3/p+1/b10-8-,16-14-,19-18-,22-21-,25-24-,28-27-,31-30-,34-33-,37-36-. The number of likely N-dealkylation sites (N-methyl/N-ethyl adjacent to an activating group) is 1. The molecule has 0 aliphatic heterocycles. The molecule has 0 aliphatic carbocycles. The summed E-state index contributed by atoms with van der Waals surface area (Å²) in [6.45, 7) is 4.26. The summed E-state index contributed by atoms with van der Waals surface area (Å²) < 4.78 is 34.3. The quantitative estimate of drug-likeness (QED) is 0.0211. The van der Waals surface area contributed by atoms with Gasteiger partial charge in [-0.3, -0.25) is 18.6 Å². The molecule has 0 bridgehead atoms. The van der Waals surface area contributed by atoms with Crippen LogP contribution in [0.25, 0.3) is 0 Å². The monoisotopic (exact) mass is 1010 g/mol. The van der Waals surface area contributed by atoms with Crippen LogP contribution in [0.1, 0.15) is 213 Å². The molecule has 0 rings (SSSR count). The maximum Gasteiger partial charge on any atom is 0.472 e. The summed E-state index contributed by atoms with van der Waals surface area (Å²) in [6, 6.07) is 0. The highest BCUT2D eigenvalue weighted by molar-refractivity contribution is 7.47. The van der Waals surface area contributed by atoms with Crippen molar-refractivity contribution in [1.82, 2.24) is 0 Å². The number of nitrogens with zero attached hydrogens (tertiary/aromatic N) is 1. The third-order valence-electron chi connectivity index (χ3n) is 11.6. The number of allylic oxidation sites excluding steroid dienone is 18. The molecule has 2 atom stereocenters. The lowest BCUT2D eigenvalue weighted by Gasteiger charge is -2.24. The summed E-state index contributed by atoms with van der Waals surface area (Å²) in [5.41, 5.74) is 0. The molecule has 0 saturated carbocycles. The van der Waals surface area contributed by atoms with Gasteiger partial charge in [0.2, 0.25) is 0 Å². The second-order valence-corrected chi connectivity index (χ2v) is 21.0. The van der Waals surface area contributed by atoms with Crippen molar-refractivity contribution in [2.45, 2.75) is 219 Å². The molecule has 406 valence electrons. The minimum Gasteiger partial charge on any atom is -0.462 e. The number of esters is 2. The van der Waals surface area contributed by atoms with Crippen molar-refractivity contribution >= 4 is 19.8 Å². The molecule has 2 unspecified atom stereocenters. The van der Waals surface area contributed by atoms with Gasteiger partial charge in [-0.1, -0.05) is 226 Å². The Bertz CT molecular complexity index is 1570. The fourth-order valence-corrected chi connectivity index (χ4v) is 7.98. The summed E-state index contributed by atoms with van der Waals surface area (Å²) in [4.78, 5) is 35.4. The molecule has 0 aromatic rings. The zero-order chi connectivity index (χ0) is 52.0. The molecule has 0 heterocycles. The van der Waals surface area contributed by atoms with Crippen LogP contribution in [0, 0.1) is 0 Å². The van der Waals surface area contributed by atoms with Crippen LogP contribution in [-0.2, 0) is 32.7 Å². The molecule has 0 aliphatic rings. The average molecular weight is 1010 g/mol. The van der Waals surface area contributed by atoms with Crippen LogP contribution in [0.2, 0.25) is 0 Å². The van der Waals surface area contributed by atoms with E-state index in [1.54, 1.807) is 0 Å². The maximum atomic E-state index is 12.7. The van der Waals surface area contributed by atoms with E-state index < -0.39 is 26.5 Å². The first-order chi connectivity index (χ1) is 34.5. The molecular weight excluding hydrogens is 906 g/mol. The van der Waals surface area contributed by atoms with Crippen LogP contribution in [-0.4, -0.2) is 74.9 Å². The number of rotatable bonds is 50. The van der Waals surface area contributed by atoms with Gasteiger partial charge in [0.1, 0.15) is 19.8 Å². The fraction of sp³-hybridized carbons (Fsp3) is 0.672. The zero-order valence-corrected chi connectivity index (χ0v) is 46.8. The number of carbonyl (C=O) groups is 2. The Morgan fingerprint density at radius 1 is 0.451 bits per heavy atom. The predicted molar refractivity (Wildman–Crippen MR) is 302 cm³/mol. The number of phosphoric ester groups is 1. The van der Waals surface area contributed by atoms with Crippen LogP contribution in [0.4, 0.5) is 0 Å². The summed E-state index contributed by atoms with van der Waals surface area (Å²) in [6.07, 6.45) is 71.9. The van der Waals surface area contributed by atoms with Gasteiger partial charge in [-0.25, -0.2) is 4.57 Å². The second kappa shape index (κ2) is 51.6. The highest BCUT2D eigenvalue weighted by Crippen LogP contribution is 2.43. The van der Waals surface area contributed by atoms with Crippen LogP contribution in [0.15, 0.2) is 109 Å². The Balaban J connectivity index is 4.00. The van der Waals surface area contributed by atoms with Crippen molar-refractivity contribution in [1.29, 1.82) is 0 Å². The molecule has 10 heteroatoms. The first-order valence-electron chi connectivity index (χ1n) is 28.1. The fourth-order valence-electron chi connectivity index (χ4n) is 7.24. The van der Waals surface area contributed by atoms with Crippen molar-refractivity contribution in [2.75, 3.05) is 47.5 Å². The van der Waals surface area contributed by atoms with Crippen molar-refractivity contribution in [3.05, 3.63) is 109 Å². The first kappa shape index (κ1) is 67.7. The smallest absolute Gasteiger partial charge is 0.462 e. The third kappa shape index (κ3) is 55.8. The topological polar surface area (TPSA) is 108 Å². The molecule has 0 radical (unpaired) electrons. The van der Waals surface area contributed by atoms with Gasteiger partial charge in [-0.2, -0.15) is 0 Å². The molecule has 0 saturated heterocycles. The van der Waals surface area contributed by atoms with Crippen LogP contribution in [0.5, 0.6) is 0 Å². The number of ether oxygens (including phenoxy) is 2. The lowest BCUT2D eigenvalue weighted by atomic mass is 10.0. The summed E-state index contributed by atoms with van der Waals surface area (Å²) in [7, 11) is 1.47. The molecule has 71 heavy (non-hydrogen) atoms. The van der Waals surface area contributed by atoms with E-state index in [4.69, 9.17) is 18.5 Å². The lowest BCUT2D eigenvalue weighted by molar-refractivity contribution is -0.870. The highest BCUT2D eigenvalue weighted by atomic mass is 31.2. The molecule has 0 aromatic carbocycles. The van der Waals surface area contributed by atoms with Gasteiger partial charge in [0, 0.05) is 12.8 Å². The largest absolute Gasteiger partial charge is 0.472 e. The molecule has 9 nitrogen and oxygen atoms in total. The number of unbranched alkanes of at least 4 members (excludes halogenated alkanes) is 18. The summed E-state index contributed by atoms with van der Waals surface area (Å²) in [5.74, 6) is -0.810. The van der Waals surface area contributed by atoms with E-state index in [1.165, 1.54) is 77.0 Å². The van der Waals surface area contributed by atoms with Crippen LogP contribution in [0.3, 0.4) is 0 Å². The van der Waals surface area contributed by atoms with Crippen molar-refractivity contribution in [3.8, 4) is 0 Å². The number of hydrogen-bond donors (Lipinski definition) is 1. The zero-order valence-electron chi connectivity index (χ0n) is 45.9. The van der Waals surface area contributed by atoms with E-state index in [0.717, 1.165) is 103 Å². The van der Waals surface area contributed by atoms with E-state index in [-0.39, 0.29) is 32.0 Å². The van der Waals surface area contributed by atoms with Crippen molar-refractivity contribution < 1.29 is 42.1 Å². The number of phosphoric acid groups is 1. The molecule has 0 amide bonds. The summed E-state index contributed by atoms with van der Waals surface area (Å²) >= 11 is 0. The van der Waals surface area contributed by atoms with Gasteiger partial charge in [-0.15, -0.1) is 0 Å². The summed E-state index contributed by atoms with van der Waals surface area (Å²) in [5, 5.41) is 0. The Labute approximate surface area is 436 Å². The average Bonchev–Trinajstić information content (AvgIpc) is 3.33. The lowest BCUT2D eigenvalue weighted by Crippen LogP contribution is -2.37. The van der Waals surface area contributed by atoms with E-state index >= 15 is 0 Å². The third-order valence-corrected chi connectivity index (χ3v) is 12.6. The molecule has 0 spiro atoms. The van der Waals surface area contributed by atoms with E-state index in [9.17, 15) is 19.0 Å². The van der Waals surface area contributed by atoms with Gasteiger partial charge in [-0.05, 0) is 83.5 Å². The minimum absolute atomic E-state index is 0.0279. The van der Waals surface area contributed by atoms with Crippen LogP contribution >= 0.6 is 7.82 Å². The Hall–Kier alpha value is -3.33. The second-order valence-electron chi connectivity index (χ2n) is 19.6. The van der Waals surface area contributed by atoms with Gasteiger partial charge in [0.15, 0.2) is 6.10 Å². The maximum absolute atomic E-state index is 12.7. The van der Waals surface area contributed by atoms with E-state index in [2.05, 4.69) is 123 Å². The SMILES string of the molecule is CC/C=C\C/C=C\C/C=C\C/C=C\C/C=C\C/C=C\C/C=C\C/C=C\C/C=C\CCCCCCCCCCCCCC(=O)OC(COC(=O)CCCCCCCCCC)COP(=O)(O)OCC[N+](C)(C)C. The Morgan fingerprint density at radius 2 is 0.803 bits per heavy atom. The predicted octanol–water partition coefficient (Wildman–Crippen LogP) is 17.4. The van der Waals surface area contributed by atoms with Crippen molar-refractivity contribution in [2.24, 2.45) is 0 Å². The van der Waals surface area contributed by atoms with Gasteiger partial charge in [0.25, 0.3) is 0 Å². The number of hydrogen-bond acceptors (Lipinski definition) is 7. The van der Waals surface area contributed by atoms with Gasteiger partial charge < -0.3 is 18.9 Å². The van der Waals surface area contributed by atoms with E-state index in [1.807, 2.05) is 21.1 Å².